The molecule has 2 N–H and O–H groups in total. The van der Waals surface area contributed by atoms with Crippen molar-refractivity contribution in [3.05, 3.63) is 18.2 Å². The number of hydrogen-bond acceptors (Lipinski definition) is 4. The van der Waals surface area contributed by atoms with Gasteiger partial charge in [-0.15, -0.1) is 0 Å². The smallest absolute Gasteiger partial charge is 0.203 e. The zero-order chi connectivity index (χ0) is 13.5. The van der Waals surface area contributed by atoms with Crippen molar-refractivity contribution in [2.24, 2.45) is 11.7 Å². The van der Waals surface area contributed by atoms with Crippen LogP contribution in [0.2, 0.25) is 0 Å². The average Bonchev–Trinajstić information content (AvgIpc) is 2.43. The van der Waals surface area contributed by atoms with E-state index in [-0.39, 0.29) is 6.04 Å². The summed E-state index contributed by atoms with van der Waals surface area (Å²) >= 11 is 0. The summed E-state index contributed by atoms with van der Waals surface area (Å²) in [5.41, 5.74) is 6.05. The average molecular weight is 253 g/mol. The first-order chi connectivity index (χ1) is 8.63. The Hall–Kier alpha value is -1.42. The van der Waals surface area contributed by atoms with Gasteiger partial charge in [0.25, 0.3) is 0 Å². The van der Waals surface area contributed by atoms with E-state index >= 15 is 0 Å². The van der Waals surface area contributed by atoms with E-state index in [9.17, 15) is 0 Å². The summed E-state index contributed by atoms with van der Waals surface area (Å²) in [6.07, 6.45) is 1.04. The standard InChI is InChI=1S/C14H23NO3/c1-5-10(2)11(15)9-18-14-12(16-3)7-6-8-13(14)17-4/h6-8,10-11H,5,9,15H2,1-4H3. The fourth-order valence-corrected chi connectivity index (χ4v) is 1.61. The monoisotopic (exact) mass is 253 g/mol. The number of rotatable bonds is 7. The molecule has 4 nitrogen and oxygen atoms in total. The zero-order valence-electron chi connectivity index (χ0n) is 11.6. The molecule has 2 atom stereocenters. The van der Waals surface area contributed by atoms with Gasteiger partial charge in [-0.3, -0.25) is 0 Å². The Labute approximate surface area is 109 Å². The van der Waals surface area contributed by atoms with Gasteiger partial charge in [0.15, 0.2) is 11.5 Å². The molecule has 0 aromatic heterocycles. The van der Waals surface area contributed by atoms with Crippen LogP contribution in [0.1, 0.15) is 20.3 Å². The van der Waals surface area contributed by atoms with Crippen LogP contribution in [-0.2, 0) is 0 Å². The second-order valence-corrected chi connectivity index (χ2v) is 4.35. The maximum atomic E-state index is 6.05. The van der Waals surface area contributed by atoms with E-state index in [1.165, 1.54) is 0 Å². The first-order valence-corrected chi connectivity index (χ1v) is 6.23. The number of benzene rings is 1. The zero-order valence-corrected chi connectivity index (χ0v) is 11.6. The van der Waals surface area contributed by atoms with Crippen molar-refractivity contribution in [3.63, 3.8) is 0 Å². The molecule has 0 aliphatic rings. The number of methoxy groups -OCH3 is 2. The van der Waals surface area contributed by atoms with Gasteiger partial charge in [-0.05, 0) is 18.1 Å². The molecule has 0 radical (unpaired) electrons. The van der Waals surface area contributed by atoms with Crippen LogP contribution in [0.3, 0.4) is 0 Å². The summed E-state index contributed by atoms with van der Waals surface area (Å²) in [5.74, 6) is 2.35. The fourth-order valence-electron chi connectivity index (χ4n) is 1.61. The molecule has 0 aliphatic carbocycles. The fraction of sp³-hybridized carbons (Fsp3) is 0.571. The molecule has 102 valence electrons. The molecule has 0 amide bonds. The summed E-state index contributed by atoms with van der Waals surface area (Å²) in [5, 5.41) is 0. The van der Waals surface area contributed by atoms with E-state index in [0.717, 1.165) is 6.42 Å². The van der Waals surface area contributed by atoms with Gasteiger partial charge in [-0.25, -0.2) is 0 Å². The molecule has 4 heteroatoms. The van der Waals surface area contributed by atoms with E-state index < -0.39 is 0 Å². The van der Waals surface area contributed by atoms with Crippen molar-refractivity contribution in [2.45, 2.75) is 26.3 Å². The first kappa shape index (κ1) is 14.6. The Morgan fingerprint density at radius 2 is 1.72 bits per heavy atom. The third-order valence-electron chi connectivity index (χ3n) is 3.18. The van der Waals surface area contributed by atoms with E-state index in [4.69, 9.17) is 19.9 Å². The molecule has 1 aromatic rings. The van der Waals surface area contributed by atoms with E-state index in [1.54, 1.807) is 14.2 Å². The molecule has 0 saturated heterocycles. The van der Waals surface area contributed by atoms with Crippen molar-refractivity contribution in [2.75, 3.05) is 20.8 Å². The number of ether oxygens (including phenoxy) is 3. The van der Waals surface area contributed by atoms with Crippen LogP contribution in [0.25, 0.3) is 0 Å². The number of hydrogen-bond donors (Lipinski definition) is 1. The van der Waals surface area contributed by atoms with Gasteiger partial charge >= 0.3 is 0 Å². The third kappa shape index (κ3) is 3.53. The molecule has 0 fully saturated rings. The molecule has 18 heavy (non-hydrogen) atoms. The number of para-hydroxylation sites is 1. The molecule has 0 aliphatic heterocycles. The maximum Gasteiger partial charge on any atom is 0.203 e. The van der Waals surface area contributed by atoms with Crippen molar-refractivity contribution >= 4 is 0 Å². The summed E-state index contributed by atoms with van der Waals surface area (Å²) in [4.78, 5) is 0. The van der Waals surface area contributed by atoms with Crippen LogP contribution in [0, 0.1) is 5.92 Å². The Morgan fingerprint density at radius 1 is 1.17 bits per heavy atom. The van der Waals surface area contributed by atoms with Gasteiger partial charge in [-0.1, -0.05) is 26.3 Å². The second kappa shape index (κ2) is 7.11. The van der Waals surface area contributed by atoms with Gasteiger partial charge < -0.3 is 19.9 Å². The predicted octanol–water partition coefficient (Wildman–Crippen LogP) is 2.46. The lowest BCUT2D eigenvalue weighted by molar-refractivity contribution is 0.230. The van der Waals surface area contributed by atoms with E-state index in [2.05, 4.69) is 13.8 Å². The van der Waals surface area contributed by atoms with Gasteiger partial charge in [-0.2, -0.15) is 0 Å². The highest BCUT2D eigenvalue weighted by Gasteiger charge is 2.15. The van der Waals surface area contributed by atoms with Crippen LogP contribution < -0.4 is 19.9 Å². The summed E-state index contributed by atoms with van der Waals surface area (Å²) in [6.45, 7) is 4.69. The summed E-state index contributed by atoms with van der Waals surface area (Å²) in [6, 6.07) is 5.54. The lowest BCUT2D eigenvalue weighted by Gasteiger charge is -2.20. The Kier molecular flexibility index (Phi) is 5.78. The topological polar surface area (TPSA) is 53.7 Å². The van der Waals surface area contributed by atoms with Gasteiger partial charge in [0.05, 0.1) is 14.2 Å². The second-order valence-electron chi connectivity index (χ2n) is 4.35. The van der Waals surface area contributed by atoms with Crippen molar-refractivity contribution in [1.82, 2.24) is 0 Å². The maximum absolute atomic E-state index is 6.05. The Balaban J connectivity index is 2.76. The van der Waals surface area contributed by atoms with Crippen LogP contribution in [0.15, 0.2) is 18.2 Å². The van der Waals surface area contributed by atoms with Gasteiger partial charge in [0.2, 0.25) is 5.75 Å². The third-order valence-corrected chi connectivity index (χ3v) is 3.18. The van der Waals surface area contributed by atoms with Crippen LogP contribution in [0.4, 0.5) is 0 Å². The largest absolute Gasteiger partial charge is 0.493 e. The lowest BCUT2D eigenvalue weighted by Crippen LogP contribution is -2.34. The summed E-state index contributed by atoms with van der Waals surface area (Å²) in [7, 11) is 3.21. The molecule has 2 unspecified atom stereocenters. The quantitative estimate of drug-likeness (QED) is 0.811. The van der Waals surface area contributed by atoms with E-state index in [1.807, 2.05) is 18.2 Å². The highest BCUT2D eigenvalue weighted by atomic mass is 16.5. The molecule has 0 spiro atoms. The first-order valence-electron chi connectivity index (χ1n) is 6.23. The predicted molar refractivity (Wildman–Crippen MR) is 72.5 cm³/mol. The minimum atomic E-state index is 0.00428. The van der Waals surface area contributed by atoms with Crippen molar-refractivity contribution in [1.29, 1.82) is 0 Å². The molecular formula is C14H23NO3. The van der Waals surface area contributed by atoms with Crippen LogP contribution in [-0.4, -0.2) is 26.9 Å². The minimum Gasteiger partial charge on any atom is -0.493 e. The van der Waals surface area contributed by atoms with Crippen LogP contribution >= 0.6 is 0 Å². The van der Waals surface area contributed by atoms with Gasteiger partial charge in [0.1, 0.15) is 6.61 Å². The highest BCUT2D eigenvalue weighted by molar-refractivity contribution is 5.51. The van der Waals surface area contributed by atoms with Crippen LogP contribution in [0.5, 0.6) is 17.2 Å². The lowest BCUT2D eigenvalue weighted by atomic mass is 10.0. The Bertz CT molecular complexity index is 346. The molecule has 1 aromatic carbocycles. The molecule has 0 bridgehead atoms. The highest BCUT2D eigenvalue weighted by Crippen LogP contribution is 2.36. The normalized spacial score (nSPS) is 13.8. The van der Waals surface area contributed by atoms with E-state index in [0.29, 0.717) is 29.8 Å². The molecule has 0 saturated carbocycles. The Morgan fingerprint density at radius 3 is 2.17 bits per heavy atom. The molecule has 0 heterocycles. The summed E-state index contributed by atoms with van der Waals surface area (Å²) < 4.78 is 16.3. The molecular weight excluding hydrogens is 230 g/mol. The van der Waals surface area contributed by atoms with Crippen molar-refractivity contribution < 1.29 is 14.2 Å². The SMILES string of the molecule is CCC(C)C(N)COc1c(OC)cccc1OC. The molecule has 1 rings (SSSR count). The van der Waals surface area contributed by atoms with Crippen molar-refractivity contribution in [3.8, 4) is 17.2 Å². The van der Waals surface area contributed by atoms with Gasteiger partial charge in [0, 0.05) is 6.04 Å². The number of nitrogens with two attached hydrogens (primary N) is 1. The minimum absolute atomic E-state index is 0.00428.